The summed E-state index contributed by atoms with van der Waals surface area (Å²) in [6, 6.07) is 15.3. The maximum absolute atomic E-state index is 14.8. The first-order valence-corrected chi connectivity index (χ1v) is 14.4. The van der Waals surface area contributed by atoms with Crippen molar-refractivity contribution in [1.29, 1.82) is 0 Å². The third-order valence-electron chi connectivity index (χ3n) is 7.88. The van der Waals surface area contributed by atoms with Gasteiger partial charge in [0.2, 0.25) is 11.9 Å². The van der Waals surface area contributed by atoms with Gasteiger partial charge in [0, 0.05) is 46.2 Å². The van der Waals surface area contributed by atoms with E-state index < -0.39 is 29.0 Å². The number of nitrogens with two attached hydrogens (primary N) is 1. The van der Waals surface area contributed by atoms with E-state index >= 15 is 0 Å². The van der Waals surface area contributed by atoms with Crippen LogP contribution in [0.15, 0.2) is 71.9 Å². The topological polar surface area (TPSA) is 126 Å². The average Bonchev–Trinajstić information content (AvgIpc) is 3.17. The van der Waals surface area contributed by atoms with Crippen molar-refractivity contribution in [3.63, 3.8) is 0 Å². The summed E-state index contributed by atoms with van der Waals surface area (Å²) in [5.41, 5.74) is 8.28. The molecule has 0 aliphatic carbocycles. The van der Waals surface area contributed by atoms with E-state index in [-0.39, 0.29) is 23.8 Å². The lowest BCUT2D eigenvalue weighted by atomic mass is 9.88. The van der Waals surface area contributed by atoms with E-state index in [2.05, 4.69) is 20.6 Å². The zero-order valence-corrected chi connectivity index (χ0v) is 24.5. The van der Waals surface area contributed by atoms with E-state index in [9.17, 15) is 18.4 Å². The molecule has 0 saturated carbocycles. The van der Waals surface area contributed by atoms with E-state index in [1.807, 2.05) is 0 Å². The molecule has 2 amide bonds. The molecule has 1 fully saturated rings. The number of nitrogens with one attached hydrogen (secondary N) is 2. The summed E-state index contributed by atoms with van der Waals surface area (Å²) in [6.45, 7) is 1.33. The lowest BCUT2D eigenvalue weighted by Gasteiger charge is -2.35. The Kier molecular flexibility index (Phi) is 7.93. The number of anilines is 2. The predicted molar refractivity (Wildman–Crippen MR) is 164 cm³/mol. The third kappa shape index (κ3) is 5.57. The smallest absolute Gasteiger partial charge is 0.260 e. The number of aromatic nitrogens is 2. The number of likely N-dealkylation sites (N-methyl/N-ethyl adjacent to an activating group) is 1. The maximum atomic E-state index is 14.8. The molecule has 9 nitrogen and oxygen atoms in total. The SMILES string of the molecule is CN(C(=O)c1ccc(Nc2ncc3c(n2)-c2ccc(Cl)cc2C(c2c(F)cccc2F)=NC3)cc1)C(=O)C1(N)CCNCC1. The quantitative estimate of drug-likeness (QED) is 0.274. The highest BCUT2D eigenvalue weighted by Gasteiger charge is 2.39. The molecule has 44 heavy (non-hydrogen) atoms. The van der Waals surface area contributed by atoms with Gasteiger partial charge in [-0.15, -0.1) is 0 Å². The molecule has 0 unspecified atom stereocenters. The van der Waals surface area contributed by atoms with E-state index in [1.165, 1.54) is 25.2 Å². The van der Waals surface area contributed by atoms with Gasteiger partial charge in [-0.2, -0.15) is 0 Å². The molecule has 6 rings (SSSR count). The summed E-state index contributed by atoms with van der Waals surface area (Å²) < 4.78 is 29.6. The van der Waals surface area contributed by atoms with Crippen molar-refractivity contribution >= 4 is 40.8 Å². The number of rotatable bonds is 5. The van der Waals surface area contributed by atoms with Gasteiger partial charge in [-0.25, -0.2) is 18.7 Å². The summed E-state index contributed by atoms with van der Waals surface area (Å²) >= 11 is 6.30. The molecule has 1 saturated heterocycles. The molecule has 3 heterocycles. The Hall–Kier alpha value is -4.58. The van der Waals surface area contributed by atoms with Crippen LogP contribution >= 0.6 is 11.6 Å². The van der Waals surface area contributed by atoms with Gasteiger partial charge in [-0.3, -0.25) is 19.5 Å². The highest BCUT2D eigenvalue weighted by Crippen LogP contribution is 2.35. The van der Waals surface area contributed by atoms with Gasteiger partial charge in [0.05, 0.1) is 29.1 Å². The minimum Gasteiger partial charge on any atom is -0.324 e. The molecule has 12 heteroatoms. The highest BCUT2D eigenvalue weighted by atomic mass is 35.5. The maximum Gasteiger partial charge on any atom is 0.260 e. The third-order valence-corrected chi connectivity index (χ3v) is 8.12. The molecule has 1 aromatic heterocycles. The van der Waals surface area contributed by atoms with Crippen LogP contribution in [0.4, 0.5) is 20.4 Å². The minimum atomic E-state index is -1.07. The Morgan fingerprint density at radius 1 is 1.02 bits per heavy atom. The van der Waals surface area contributed by atoms with Crippen LogP contribution < -0.4 is 16.4 Å². The van der Waals surface area contributed by atoms with E-state index in [0.29, 0.717) is 64.6 Å². The first-order chi connectivity index (χ1) is 21.1. The average molecular weight is 616 g/mol. The second-order valence-electron chi connectivity index (χ2n) is 10.8. The Balaban J connectivity index is 1.25. The van der Waals surface area contributed by atoms with Crippen molar-refractivity contribution < 1.29 is 18.4 Å². The fourth-order valence-corrected chi connectivity index (χ4v) is 5.63. The first kappa shape index (κ1) is 29.5. The number of piperidine rings is 1. The van der Waals surface area contributed by atoms with Gasteiger partial charge in [0.25, 0.3) is 5.91 Å². The molecular formula is C32H28ClF2N7O2. The molecule has 2 aliphatic rings. The second kappa shape index (κ2) is 11.8. The van der Waals surface area contributed by atoms with Gasteiger partial charge in [-0.05, 0) is 74.5 Å². The van der Waals surface area contributed by atoms with Crippen LogP contribution in [0.3, 0.4) is 0 Å². The summed E-state index contributed by atoms with van der Waals surface area (Å²) in [6.07, 6.45) is 2.52. The van der Waals surface area contributed by atoms with Crippen LogP contribution in [-0.2, 0) is 11.3 Å². The number of halogens is 3. The lowest BCUT2D eigenvalue weighted by Crippen LogP contribution is -2.60. The Bertz CT molecular complexity index is 1790. The summed E-state index contributed by atoms with van der Waals surface area (Å²) in [4.78, 5) is 40.8. The van der Waals surface area contributed by atoms with E-state index in [0.717, 1.165) is 4.90 Å². The molecule has 2 aliphatic heterocycles. The molecule has 4 aromatic rings. The van der Waals surface area contributed by atoms with Gasteiger partial charge < -0.3 is 16.4 Å². The first-order valence-electron chi connectivity index (χ1n) is 14.0. The minimum absolute atomic E-state index is 0.0919. The normalized spacial score (nSPS) is 15.3. The molecule has 0 radical (unpaired) electrons. The fourth-order valence-electron chi connectivity index (χ4n) is 5.45. The van der Waals surface area contributed by atoms with Gasteiger partial charge in [0.15, 0.2) is 0 Å². The number of aliphatic imine (C=N–C) groups is 1. The van der Waals surface area contributed by atoms with E-state index in [4.69, 9.17) is 22.3 Å². The van der Waals surface area contributed by atoms with Gasteiger partial charge in [-0.1, -0.05) is 23.7 Å². The molecule has 0 spiro atoms. The Morgan fingerprint density at radius 3 is 2.43 bits per heavy atom. The van der Waals surface area contributed by atoms with Crippen LogP contribution in [0.1, 0.15) is 39.9 Å². The lowest BCUT2D eigenvalue weighted by molar-refractivity contribution is -0.134. The van der Waals surface area contributed by atoms with Crippen LogP contribution in [-0.4, -0.2) is 58.1 Å². The molecular weight excluding hydrogens is 588 g/mol. The van der Waals surface area contributed by atoms with Gasteiger partial charge in [0.1, 0.15) is 11.6 Å². The zero-order chi connectivity index (χ0) is 31.0. The number of carbonyl (C=O) groups is 2. The predicted octanol–water partition coefficient (Wildman–Crippen LogP) is 4.85. The summed E-state index contributed by atoms with van der Waals surface area (Å²) in [5.74, 6) is -2.08. The number of carbonyl (C=O) groups excluding carboxylic acids is 2. The van der Waals surface area contributed by atoms with Crippen molar-refractivity contribution in [2.45, 2.75) is 24.9 Å². The fraction of sp³-hybridized carbons (Fsp3) is 0.219. The Labute approximate surface area is 257 Å². The molecule has 224 valence electrons. The molecule has 4 N–H and O–H groups in total. The van der Waals surface area contributed by atoms with Crippen molar-refractivity contribution in [1.82, 2.24) is 20.2 Å². The molecule has 0 bridgehead atoms. The monoisotopic (exact) mass is 615 g/mol. The van der Waals surface area contributed by atoms with Gasteiger partial charge >= 0.3 is 0 Å². The molecule has 3 aromatic carbocycles. The standard InChI is InChI=1S/C32H28ClF2N7O2/c1-42(30(44)32(36)11-13-37-14-12-32)29(43)18-5-8-21(9-6-18)40-31-39-17-19-16-38-28(26-24(34)3-2-4-25(26)35)23-15-20(33)7-10-22(23)27(19)41-31/h2-10,15,17,37H,11-14,16,36H2,1H3,(H,39,40,41). The van der Waals surface area contributed by atoms with Crippen LogP contribution in [0.5, 0.6) is 0 Å². The van der Waals surface area contributed by atoms with Crippen LogP contribution in [0, 0.1) is 11.6 Å². The van der Waals surface area contributed by atoms with E-state index in [1.54, 1.807) is 48.7 Å². The number of hydrogen-bond donors (Lipinski definition) is 3. The number of amides is 2. The highest BCUT2D eigenvalue weighted by molar-refractivity contribution is 6.31. The van der Waals surface area contributed by atoms with Crippen LogP contribution in [0.25, 0.3) is 11.3 Å². The Morgan fingerprint density at radius 2 is 1.73 bits per heavy atom. The zero-order valence-electron chi connectivity index (χ0n) is 23.7. The number of hydrogen-bond acceptors (Lipinski definition) is 8. The number of fused-ring (bicyclic) bond motifs is 3. The summed E-state index contributed by atoms with van der Waals surface area (Å²) in [5, 5.41) is 6.68. The van der Waals surface area contributed by atoms with Crippen molar-refractivity contribution in [2.75, 3.05) is 25.5 Å². The second-order valence-corrected chi connectivity index (χ2v) is 11.2. The van der Waals surface area contributed by atoms with Crippen LogP contribution in [0.2, 0.25) is 5.02 Å². The van der Waals surface area contributed by atoms with Crippen molar-refractivity contribution in [2.24, 2.45) is 10.7 Å². The molecule has 0 atom stereocenters. The largest absolute Gasteiger partial charge is 0.324 e. The van der Waals surface area contributed by atoms with Crippen molar-refractivity contribution in [3.8, 4) is 11.3 Å². The number of benzene rings is 3. The number of imide groups is 1. The summed E-state index contributed by atoms with van der Waals surface area (Å²) in [7, 11) is 1.44. The van der Waals surface area contributed by atoms with Crippen molar-refractivity contribution in [3.05, 3.63) is 106 Å². The number of nitrogens with zero attached hydrogens (tertiary/aromatic N) is 4.